The Labute approximate surface area is 256 Å². The van der Waals surface area contributed by atoms with Gasteiger partial charge in [-0.3, -0.25) is 9.69 Å². The topological polar surface area (TPSA) is 107 Å². The number of esters is 1. The number of rotatable bonds is 9. The van der Waals surface area contributed by atoms with E-state index in [0.29, 0.717) is 31.7 Å². The fraction of sp³-hybridized carbons (Fsp3) is 0.353. The van der Waals surface area contributed by atoms with E-state index in [2.05, 4.69) is 4.90 Å². The molecule has 1 amide bonds. The second kappa shape index (κ2) is 13.5. The summed E-state index contributed by atoms with van der Waals surface area (Å²) >= 11 is 0. The molecular formula is C34H36N2O8. The lowest BCUT2D eigenvalue weighted by Crippen LogP contribution is -2.49. The Morgan fingerprint density at radius 2 is 1.59 bits per heavy atom. The van der Waals surface area contributed by atoms with Crippen molar-refractivity contribution >= 4 is 11.9 Å². The predicted molar refractivity (Wildman–Crippen MR) is 160 cm³/mol. The highest BCUT2D eigenvalue weighted by atomic mass is 16.7. The molecule has 0 bridgehead atoms. The van der Waals surface area contributed by atoms with E-state index < -0.39 is 12.3 Å². The molecule has 1 N–H and O–H groups in total. The van der Waals surface area contributed by atoms with E-state index in [4.69, 9.17) is 23.7 Å². The van der Waals surface area contributed by atoms with Gasteiger partial charge in [-0.1, -0.05) is 42.5 Å². The Hall–Kier alpha value is -4.38. The van der Waals surface area contributed by atoms with Crippen LogP contribution >= 0.6 is 0 Å². The summed E-state index contributed by atoms with van der Waals surface area (Å²) < 4.78 is 28.1. The first-order chi connectivity index (χ1) is 21.5. The Morgan fingerprint density at radius 1 is 0.886 bits per heavy atom. The average molecular weight is 601 g/mol. The third-order valence-corrected chi connectivity index (χ3v) is 8.17. The molecule has 3 aliphatic heterocycles. The van der Waals surface area contributed by atoms with E-state index in [1.165, 1.54) is 7.11 Å². The summed E-state index contributed by atoms with van der Waals surface area (Å²) in [6, 6.07) is 20.7. The molecule has 0 aliphatic carbocycles. The van der Waals surface area contributed by atoms with Gasteiger partial charge in [0, 0.05) is 45.1 Å². The third kappa shape index (κ3) is 6.88. The van der Waals surface area contributed by atoms with Crippen molar-refractivity contribution < 1.29 is 38.4 Å². The first-order valence-electron chi connectivity index (χ1n) is 14.8. The molecule has 10 nitrogen and oxygen atoms in total. The summed E-state index contributed by atoms with van der Waals surface area (Å²) in [5.41, 5.74) is 4.30. The Bertz CT molecular complexity index is 1500. The van der Waals surface area contributed by atoms with E-state index in [1.54, 1.807) is 12.1 Å². The number of aliphatic hydroxyl groups excluding tert-OH is 1. The van der Waals surface area contributed by atoms with E-state index in [9.17, 15) is 14.7 Å². The molecule has 3 aromatic rings. The molecule has 10 heteroatoms. The molecule has 3 heterocycles. The molecule has 6 rings (SSSR count). The number of fused-ring (bicyclic) bond motifs is 1. The largest absolute Gasteiger partial charge is 0.465 e. The van der Waals surface area contributed by atoms with E-state index >= 15 is 0 Å². The van der Waals surface area contributed by atoms with E-state index in [0.717, 1.165) is 53.4 Å². The van der Waals surface area contributed by atoms with Gasteiger partial charge in [0.1, 0.15) is 0 Å². The molecule has 2 unspecified atom stereocenters. The lowest BCUT2D eigenvalue weighted by atomic mass is 9.92. The first-order valence-corrected chi connectivity index (χ1v) is 14.8. The SMILES string of the molecule is COC(=O)c1ccc(C2C=C(C(=O)N3CCN(Cc4ccc5c(c4)OCO5)CC3)OC(OCc3ccc(CO)cc3)C2)cc1. The van der Waals surface area contributed by atoms with Crippen LogP contribution in [0.5, 0.6) is 11.5 Å². The number of nitrogens with zero attached hydrogens (tertiary/aromatic N) is 2. The molecule has 44 heavy (non-hydrogen) atoms. The number of amides is 1. The second-order valence-electron chi connectivity index (χ2n) is 11.1. The van der Waals surface area contributed by atoms with Crippen LogP contribution in [0.15, 0.2) is 78.6 Å². The molecular weight excluding hydrogens is 564 g/mol. The maximum atomic E-state index is 13.7. The highest BCUT2D eigenvalue weighted by Gasteiger charge is 2.32. The normalized spacial score (nSPS) is 19.7. The van der Waals surface area contributed by atoms with Crippen LogP contribution in [0.3, 0.4) is 0 Å². The van der Waals surface area contributed by atoms with Crippen molar-refractivity contribution in [1.82, 2.24) is 9.80 Å². The zero-order valence-electron chi connectivity index (χ0n) is 24.6. The van der Waals surface area contributed by atoms with Gasteiger partial charge < -0.3 is 33.7 Å². The predicted octanol–water partition coefficient (Wildman–Crippen LogP) is 3.97. The molecule has 3 aromatic carbocycles. The quantitative estimate of drug-likeness (QED) is 0.365. The Kier molecular flexibility index (Phi) is 9.11. The molecule has 1 fully saturated rings. The Balaban J connectivity index is 1.12. The van der Waals surface area contributed by atoms with Gasteiger partial charge in [0.15, 0.2) is 17.3 Å². The highest BCUT2D eigenvalue weighted by molar-refractivity contribution is 5.92. The number of benzene rings is 3. The molecule has 0 saturated carbocycles. The fourth-order valence-corrected chi connectivity index (χ4v) is 5.62. The molecule has 0 spiro atoms. The van der Waals surface area contributed by atoms with Crippen LogP contribution in [0.4, 0.5) is 0 Å². The summed E-state index contributed by atoms with van der Waals surface area (Å²) in [6.45, 7) is 3.90. The van der Waals surface area contributed by atoms with Crippen LogP contribution < -0.4 is 9.47 Å². The number of piperazine rings is 1. The van der Waals surface area contributed by atoms with Gasteiger partial charge >= 0.3 is 5.97 Å². The summed E-state index contributed by atoms with van der Waals surface area (Å²) in [4.78, 5) is 29.8. The van der Waals surface area contributed by atoms with Crippen molar-refractivity contribution in [3.05, 3.63) is 106 Å². The van der Waals surface area contributed by atoms with Crippen LogP contribution in [0, 0.1) is 0 Å². The van der Waals surface area contributed by atoms with Crippen LogP contribution in [0.25, 0.3) is 0 Å². The average Bonchev–Trinajstić information content (AvgIpc) is 3.55. The van der Waals surface area contributed by atoms with Crippen molar-refractivity contribution in [3.8, 4) is 11.5 Å². The van der Waals surface area contributed by atoms with Crippen LogP contribution in [0.2, 0.25) is 0 Å². The minimum absolute atomic E-state index is 0.0216. The van der Waals surface area contributed by atoms with Gasteiger partial charge in [0.2, 0.25) is 13.1 Å². The van der Waals surface area contributed by atoms with Gasteiger partial charge in [-0.2, -0.15) is 0 Å². The number of aliphatic hydroxyl groups is 1. The van der Waals surface area contributed by atoms with E-state index in [-0.39, 0.29) is 31.0 Å². The van der Waals surface area contributed by atoms with Crippen LogP contribution in [-0.2, 0) is 38.8 Å². The van der Waals surface area contributed by atoms with Gasteiger partial charge in [0.05, 0.1) is 25.9 Å². The van der Waals surface area contributed by atoms with Crippen LogP contribution in [0.1, 0.15) is 45.0 Å². The third-order valence-electron chi connectivity index (χ3n) is 8.17. The number of methoxy groups -OCH3 is 1. The van der Waals surface area contributed by atoms with Gasteiger partial charge in [-0.05, 0) is 52.6 Å². The van der Waals surface area contributed by atoms with Crippen molar-refractivity contribution in [3.63, 3.8) is 0 Å². The highest BCUT2D eigenvalue weighted by Crippen LogP contribution is 2.34. The monoisotopic (exact) mass is 600 g/mol. The maximum Gasteiger partial charge on any atom is 0.337 e. The zero-order chi connectivity index (χ0) is 30.5. The lowest BCUT2D eigenvalue weighted by Gasteiger charge is -2.36. The molecule has 0 aromatic heterocycles. The van der Waals surface area contributed by atoms with Gasteiger partial charge in [-0.25, -0.2) is 4.79 Å². The minimum Gasteiger partial charge on any atom is -0.465 e. The molecule has 0 radical (unpaired) electrons. The number of hydrogen-bond acceptors (Lipinski definition) is 9. The maximum absolute atomic E-state index is 13.7. The zero-order valence-corrected chi connectivity index (χ0v) is 24.6. The summed E-state index contributed by atoms with van der Waals surface area (Å²) in [6.07, 6.45) is 1.73. The molecule has 3 aliphatic rings. The van der Waals surface area contributed by atoms with Gasteiger partial charge in [-0.15, -0.1) is 0 Å². The van der Waals surface area contributed by atoms with E-state index in [1.807, 2.05) is 65.6 Å². The van der Waals surface area contributed by atoms with Crippen LogP contribution in [-0.4, -0.2) is 73.2 Å². The van der Waals surface area contributed by atoms with Crippen molar-refractivity contribution in [1.29, 1.82) is 0 Å². The Morgan fingerprint density at radius 3 is 2.32 bits per heavy atom. The van der Waals surface area contributed by atoms with Crippen molar-refractivity contribution in [2.24, 2.45) is 0 Å². The van der Waals surface area contributed by atoms with Crippen molar-refractivity contribution in [2.75, 3.05) is 40.1 Å². The number of allylic oxidation sites excluding steroid dienone is 1. The lowest BCUT2D eigenvalue weighted by molar-refractivity contribution is -0.157. The smallest absolute Gasteiger partial charge is 0.337 e. The standard InChI is InChI=1S/C34H36N2O8/c1-40-34(39)27-9-7-26(8-10-27)28-17-31(44-32(18-28)41-21-24-4-2-23(20-37)3-5-24)33(38)36-14-12-35(13-15-36)19-25-6-11-29-30(16-25)43-22-42-29/h2-11,16-17,28,32,37H,12-15,18-22H2,1H3. The number of ether oxygens (including phenoxy) is 5. The molecule has 1 saturated heterocycles. The fourth-order valence-electron chi connectivity index (χ4n) is 5.62. The van der Waals surface area contributed by atoms with Gasteiger partial charge in [0.25, 0.3) is 5.91 Å². The minimum atomic E-state index is -0.644. The summed E-state index contributed by atoms with van der Waals surface area (Å²) in [7, 11) is 1.35. The molecule has 230 valence electrons. The number of carbonyl (C=O) groups is 2. The van der Waals surface area contributed by atoms with Crippen molar-refractivity contribution in [2.45, 2.75) is 38.4 Å². The number of hydrogen-bond donors (Lipinski definition) is 1. The number of carbonyl (C=O) groups excluding carboxylic acids is 2. The summed E-state index contributed by atoms with van der Waals surface area (Å²) in [5, 5.41) is 9.33. The molecule has 2 atom stereocenters. The summed E-state index contributed by atoms with van der Waals surface area (Å²) in [5.74, 6) is 1.09. The second-order valence-corrected chi connectivity index (χ2v) is 11.1. The first kappa shape index (κ1) is 29.7.